The van der Waals surface area contributed by atoms with Crippen molar-refractivity contribution in [3.8, 4) is 0 Å². The van der Waals surface area contributed by atoms with Gasteiger partial charge in [-0.3, -0.25) is 4.79 Å². The maximum atomic E-state index is 10.4. The van der Waals surface area contributed by atoms with Crippen LogP contribution < -0.4 is 0 Å². The molecule has 0 aromatic heterocycles. The Morgan fingerprint density at radius 1 is 1.42 bits per heavy atom. The van der Waals surface area contributed by atoms with Gasteiger partial charge in [-0.2, -0.15) is 0 Å². The zero-order valence-electron chi connectivity index (χ0n) is 8.51. The molecule has 3 heteroatoms. The molecule has 0 rings (SSSR count). The van der Waals surface area contributed by atoms with Gasteiger partial charge in [-0.1, -0.05) is 0 Å². The highest BCUT2D eigenvalue weighted by Crippen LogP contribution is 2.10. The molecule has 0 spiro atoms. The summed E-state index contributed by atoms with van der Waals surface area (Å²) in [6.45, 7) is 9.51. The van der Waals surface area contributed by atoms with E-state index in [0.29, 0.717) is 6.61 Å². The van der Waals surface area contributed by atoms with Gasteiger partial charge in [0.25, 0.3) is 0 Å². The molecule has 0 saturated carbocycles. The van der Waals surface area contributed by atoms with Gasteiger partial charge < -0.3 is 9.47 Å². The molecule has 0 amide bonds. The molecule has 0 bridgehead atoms. The first-order chi connectivity index (χ1) is 5.31. The van der Waals surface area contributed by atoms with Gasteiger partial charge in [0.1, 0.15) is 6.61 Å². The van der Waals surface area contributed by atoms with Crippen molar-refractivity contribution < 1.29 is 14.3 Å². The van der Waals surface area contributed by atoms with Gasteiger partial charge in [0, 0.05) is 6.92 Å². The molecule has 0 saturated heterocycles. The minimum atomic E-state index is -0.264. The summed E-state index contributed by atoms with van der Waals surface area (Å²) in [5.41, 5.74) is -0.181. The van der Waals surface area contributed by atoms with Gasteiger partial charge in [0.2, 0.25) is 0 Å². The Morgan fingerprint density at radius 2 is 1.92 bits per heavy atom. The lowest BCUT2D eigenvalue weighted by molar-refractivity contribution is -0.148. The third-order valence-electron chi connectivity index (χ3n) is 1.08. The van der Waals surface area contributed by atoms with E-state index in [0.717, 1.165) is 0 Å². The molecule has 0 N–H and O–H groups in total. The predicted octanol–water partition coefficient (Wildman–Crippen LogP) is 1.75. The molecule has 0 aliphatic carbocycles. The Bertz CT molecular complexity index is 146. The van der Waals surface area contributed by atoms with Crippen LogP contribution in [0.5, 0.6) is 0 Å². The van der Waals surface area contributed by atoms with Crippen LogP contribution in [0.15, 0.2) is 0 Å². The molecule has 0 aliphatic rings. The average molecular weight is 174 g/mol. The van der Waals surface area contributed by atoms with E-state index < -0.39 is 0 Å². The molecule has 0 aliphatic heterocycles. The van der Waals surface area contributed by atoms with Gasteiger partial charge in [0.05, 0.1) is 11.7 Å². The summed E-state index contributed by atoms with van der Waals surface area (Å²) in [4.78, 5) is 10.4. The Morgan fingerprint density at radius 3 is 2.25 bits per heavy atom. The fraction of sp³-hybridized carbons (Fsp3) is 0.889. The number of carbonyl (C=O) groups excluding carboxylic acids is 1. The first-order valence-electron chi connectivity index (χ1n) is 4.12. The van der Waals surface area contributed by atoms with Gasteiger partial charge >= 0.3 is 5.97 Å². The van der Waals surface area contributed by atoms with Crippen molar-refractivity contribution in [2.45, 2.75) is 46.3 Å². The van der Waals surface area contributed by atoms with Crippen molar-refractivity contribution in [1.82, 2.24) is 0 Å². The molecular weight excluding hydrogens is 156 g/mol. The molecule has 1 unspecified atom stereocenters. The lowest BCUT2D eigenvalue weighted by atomic mass is 10.2. The SMILES string of the molecule is CC(=O)OCC(C)OC(C)(C)C. The lowest BCUT2D eigenvalue weighted by Crippen LogP contribution is -2.29. The van der Waals surface area contributed by atoms with Crippen LogP contribution in [0.1, 0.15) is 34.6 Å². The van der Waals surface area contributed by atoms with Crippen LogP contribution in [-0.4, -0.2) is 24.3 Å². The first kappa shape index (κ1) is 11.4. The van der Waals surface area contributed by atoms with Gasteiger partial charge in [-0.05, 0) is 27.7 Å². The molecule has 72 valence electrons. The minimum Gasteiger partial charge on any atom is -0.463 e. The number of esters is 1. The number of hydrogen-bond acceptors (Lipinski definition) is 3. The standard InChI is InChI=1S/C9H18O3/c1-7(6-11-8(2)10)12-9(3,4)5/h7H,6H2,1-5H3. The van der Waals surface area contributed by atoms with E-state index in [2.05, 4.69) is 0 Å². The van der Waals surface area contributed by atoms with Crippen molar-refractivity contribution in [2.75, 3.05) is 6.61 Å². The van der Waals surface area contributed by atoms with Gasteiger partial charge in [-0.15, -0.1) is 0 Å². The molecular formula is C9H18O3. The molecule has 12 heavy (non-hydrogen) atoms. The molecule has 0 aromatic rings. The average Bonchev–Trinajstić information content (AvgIpc) is 1.79. The summed E-state index contributed by atoms with van der Waals surface area (Å²) in [5.74, 6) is -0.264. The molecule has 0 fully saturated rings. The van der Waals surface area contributed by atoms with Crippen molar-refractivity contribution in [3.63, 3.8) is 0 Å². The van der Waals surface area contributed by atoms with Gasteiger partial charge in [-0.25, -0.2) is 0 Å². The Labute approximate surface area is 74.0 Å². The van der Waals surface area contributed by atoms with Crippen molar-refractivity contribution in [1.29, 1.82) is 0 Å². The van der Waals surface area contributed by atoms with E-state index in [1.165, 1.54) is 6.92 Å². The van der Waals surface area contributed by atoms with Crippen molar-refractivity contribution in [3.05, 3.63) is 0 Å². The maximum absolute atomic E-state index is 10.4. The van der Waals surface area contributed by atoms with Crippen LogP contribution in [0.2, 0.25) is 0 Å². The summed E-state index contributed by atoms with van der Waals surface area (Å²) < 4.78 is 10.3. The third-order valence-corrected chi connectivity index (χ3v) is 1.08. The van der Waals surface area contributed by atoms with E-state index in [9.17, 15) is 4.79 Å². The van der Waals surface area contributed by atoms with E-state index in [1.54, 1.807) is 0 Å². The van der Waals surface area contributed by atoms with Crippen LogP contribution in [-0.2, 0) is 14.3 Å². The normalized spacial score (nSPS) is 14.1. The zero-order chi connectivity index (χ0) is 9.78. The number of rotatable bonds is 3. The number of hydrogen-bond donors (Lipinski definition) is 0. The van der Waals surface area contributed by atoms with Crippen LogP contribution in [0.3, 0.4) is 0 Å². The quantitative estimate of drug-likeness (QED) is 0.611. The zero-order valence-corrected chi connectivity index (χ0v) is 8.51. The Kier molecular flexibility index (Phi) is 4.24. The highest BCUT2D eigenvalue weighted by Gasteiger charge is 2.15. The second-order valence-electron chi connectivity index (χ2n) is 3.84. The highest BCUT2D eigenvalue weighted by atomic mass is 16.6. The van der Waals surface area contributed by atoms with Crippen LogP contribution in [0, 0.1) is 0 Å². The predicted molar refractivity (Wildman–Crippen MR) is 46.9 cm³/mol. The monoisotopic (exact) mass is 174 g/mol. The number of ether oxygens (including phenoxy) is 2. The highest BCUT2D eigenvalue weighted by molar-refractivity contribution is 5.65. The summed E-state index contributed by atoms with van der Waals surface area (Å²) in [6.07, 6.45) is -0.0473. The van der Waals surface area contributed by atoms with Crippen LogP contribution >= 0.6 is 0 Å². The Balaban J connectivity index is 3.60. The molecule has 1 atom stereocenters. The number of carbonyl (C=O) groups is 1. The second kappa shape index (κ2) is 4.45. The summed E-state index contributed by atoms with van der Waals surface area (Å²) in [6, 6.07) is 0. The van der Waals surface area contributed by atoms with E-state index in [-0.39, 0.29) is 17.7 Å². The first-order valence-corrected chi connectivity index (χ1v) is 4.12. The van der Waals surface area contributed by atoms with E-state index in [1.807, 2.05) is 27.7 Å². The summed E-state index contributed by atoms with van der Waals surface area (Å²) in [5, 5.41) is 0. The summed E-state index contributed by atoms with van der Waals surface area (Å²) >= 11 is 0. The van der Waals surface area contributed by atoms with Gasteiger partial charge in [0.15, 0.2) is 0 Å². The largest absolute Gasteiger partial charge is 0.463 e. The fourth-order valence-corrected chi connectivity index (χ4v) is 0.872. The van der Waals surface area contributed by atoms with E-state index in [4.69, 9.17) is 9.47 Å². The van der Waals surface area contributed by atoms with Crippen molar-refractivity contribution >= 4 is 5.97 Å². The lowest BCUT2D eigenvalue weighted by Gasteiger charge is -2.24. The molecule has 0 radical (unpaired) electrons. The fourth-order valence-electron chi connectivity index (χ4n) is 0.872. The van der Waals surface area contributed by atoms with Crippen LogP contribution in [0.25, 0.3) is 0 Å². The minimum absolute atomic E-state index is 0.0473. The molecule has 0 heterocycles. The smallest absolute Gasteiger partial charge is 0.302 e. The topological polar surface area (TPSA) is 35.5 Å². The molecule has 0 aromatic carbocycles. The second-order valence-corrected chi connectivity index (χ2v) is 3.84. The van der Waals surface area contributed by atoms with Crippen molar-refractivity contribution in [2.24, 2.45) is 0 Å². The third kappa shape index (κ3) is 7.54. The van der Waals surface area contributed by atoms with E-state index >= 15 is 0 Å². The molecule has 3 nitrogen and oxygen atoms in total. The Hall–Kier alpha value is -0.570. The summed E-state index contributed by atoms with van der Waals surface area (Å²) in [7, 11) is 0. The maximum Gasteiger partial charge on any atom is 0.302 e. The van der Waals surface area contributed by atoms with Crippen LogP contribution in [0.4, 0.5) is 0 Å².